The summed E-state index contributed by atoms with van der Waals surface area (Å²) < 4.78 is 27.5. The van der Waals surface area contributed by atoms with Crippen LogP contribution < -0.4 is 10.1 Å². The van der Waals surface area contributed by atoms with Gasteiger partial charge in [0.1, 0.15) is 4.21 Å². The number of hydrogen-bond acceptors (Lipinski definition) is 6. The van der Waals surface area contributed by atoms with Crippen molar-refractivity contribution in [3.05, 3.63) is 76.9 Å². The molecule has 0 aliphatic heterocycles. The van der Waals surface area contributed by atoms with Crippen LogP contribution in [0.3, 0.4) is 0 Å². The van der Waals surface area contributed by atoms with E-state index < -0.39 is 15.9 Å². The molecule has 2 N–H and O–H groups in total. The van der Waals surface area contributed by atoms with Gasteiger partial charge < -0.3 is 0 Å². The van der Waals surface area contributed by atoms with Crippen molar-refractivity contribution in [3.63, 3.8) is 0 Å². The molecule has 2 aromatic heterocycles. The van der Waals surface area contributed by atoms with E-state index in [-0.39, 0.29) is 15.5 Å². The number of sulfonamides is 1. The van der Waals surface area contributed by atoms with Crippen molar-refractivity contribution < 1.29 is 13.2 Å². The summed E-state index contributed by atoms with van der Waals surface area (Å²) in [4.78, 5) is 16.6. The summed E-state index contributed by atoms with van der Waals surface area (Å²) in [6.07, 6.45) is 2.71. The van der Waals surface area contributed by atoms with Gasteiger partial charge in [-0.05, 0) is 41.5 Å². The molecule has 3 rings (SSSR count). The average Bonchev–Trinajstić information content (AvgIpc) is 3.28. The Balaban J connectivity index is 1.77. The number of amides is 1. The van der Waals surface area contributed by atoms with Crippen LogP contribution in [0, 0.1) is 0 Å². The van der Waals surface area contributed by atoms with Crippen LogP contribution in [0.25, 0.3) is 0 Å². The molecule has 1 amide bonds. The Morgan fingerprint density at radius 1 is 1.13 bits per heavy atom. The van der Waals surface area contributed by atoms with E-state index in [1.807, 2.05) is 24.3 Å². The maximum atomic E-state index is 12.6. The summed E-state index contributed by atoms with van der Waals surface area (Å²) in [6, 6.07) is 12.5. The molecule has 0 spiro atoms. The molecule has 9 heteroatoms. The van der Waals surface area contributed by atoms with Crippen molar-refractivity contribution >= 4 is 38.7 Å². The first-order chi connectivity index (χ1) is 14.3. The van der Waals surface area contributed by atoms with Gasteiger partial charge in [0.2, 0.25) is 0 Å². The number of aromatic nitrogens is 1. The summed E-state index contributed by atoms with van der Waals surface area (Å²) >= 11 is 1.08. The normalized spacial score (nSPS) is 12.1. The number of carbonyl (C=O) groups excluding carboxylic acids is 1. The van der Waals surface area contributed by atoms with E-state index in [1.54, 1.807) is 18.4 Å². The Morgan fingerprint density at radius 2 is 1.87 bits per heavy atom. The Kier molecular flexibility index (Phi) is 6.63. The van der Waals surface area contributed by atoms with E-state index in [4.69, 9.17) is 0 Å². The van der Waals surface area contributed by atoms with Crippen LogP contribution in [-0.2, 0) is 10.0 Å². The smallest absolute Gasteiger partial charge is 0.273 e. The molecule has 0 fully saturated rings. The topological polar surface area (TPSA) is 101 Å². The Bertz CT molecular complexity index is 1150. The molecule has 0 bridgehead atoms. The van der Waals surface area contributed by atoms with Crippen LogP contribution in [0.1, 0.15) is 48.2 Å². The highest BCUT2D eigenvalue weighted by molar-refractivity contribution is 7.94. The number of nitrogens with zero attached hydrogens (tertiary/aromatic N) is 2. The molecule has 30 heavy (non-hydrogen) atoms. The van der Waals surface area contributed by atoms with Crippen molar-refractivity contribution in [2.75, 3.05) is 4.72 Å². The predicted octanol–water partition coefficient (Wildman–Crippen LogP) is 4.22. The number of anilines is 1. The van der Waals surface area contributed by atoms with Gasteiger partial charge in [0.05, 0.1) is 23.2 Å². The molecule has 0 saturated carbocycles. The number of thiophene rings is 1. The highest BCUT2D eigenvalue weighted by Gasteiger charge is 2.19. The van der Waals surface area contributed by atoms with Crippen molar-refractivity contribution in [1.29, 1.82) is 0 Å². The molecule has 7 nitrogen and oxygen atoms in total. The number of carbonyl (C=O) groups is 1. The van der Waals surface area contributed by atoms with Gasteiger partial charge in [-0.15, -0.1) is 11.3 Å². The second-order valence-corrected chi connectivity index (χ2v) is 9.73. The first-order valence-electron chi connectivity index (χ1n) is 9.23. The van der Waals surface area contributed by atoms with Crippen molar-refractivity contribution in [2.45, 2.75) is 30.9 Å². The van der Waals surface area contributed by atoms with Crippen LogP contribution in [-0.4, -0.2) is 25.0 Å². The van der Waals surface area contributed by atoms with E-state index in [2.05, 4.69) is 34.1 Å². The summed E-state index contributed by atoms with van der Waals surface area (Å²) in [6.45, 7) is 6.03. The lowest BCUT2D eigenvalue weighted by Crippen LogP contribution is -2.22. The second kappa shape index (κ2) is 9.19. The van der Waals surface area contributed by atoms with Gasteiger partial charge in [-0.25, -0.2) is 13.8 Å². The fraction of sp³-hybridized carbons (Fsp3) is 0.190. The van der Waals surface area contributed by atoms with E-state index >= 15 is 0 Å². The highest BCUT2D eigenvalue weighted by Crippen LogP contribution is 2.22. The zero-order valence-electron chi connectivity index (χ0n) is 16.8. The molecule has 0 atom stereocenters. The molecule has 1 aromatic carbocycles. The van der Waals surface area contributed by atoms with Gasteiger partial charge in [0.15, 0.2) is 0 Å². The monoisotopic (exact) mass is 442 g/mol. The van der Waals surface area contributed by atoms with Gasteiger partial charge in [-0.3, -0.25) is 14.5 Å². The number of rotatable bonds is 7. The third-order valence-corrected chi connectivity index (χ3v) is 7.15. The van der Waals surface area contributed by atoms with Crippen LogP contribution in [0.4, 0.5) is 5.69 Å². The van der Waals surface area contributed by atoms with Crippen LogP contribution in [0.5, 0.6) is 0 Å². The minimum atomic E-state index is -3.80. The molecule has 156 valence electrons. The summed E-state index contributed by atoms with van der Waals surface area (Å²) in [7, 11) is -3.80. The molecule has 3 aromatic rings. The molecule has 0 aliphatic carbocycles. The van der Waals surface area contributed by atoms with Gasteiger partial charge in [-0.1, -0.05) is 44.2 Å². The lowest BCUT2D eigenvalue weighted by atomic mass is 10.0. The molecular weight excluding hydrogens is 420 g/mol. The lowest BCUT2D eigenvalue weighted by molar-refractivity contribution is 0.0955. The summed E-state index contributed by atoms with van der Waals surface area (Å²) in [5, 5.41) is 5.82. The molecule has 0 radical (unpaired) electrons. The quantitative estimate of drug-likeness (QED) is 0.422. The predicted molar refractivity (Wildman–Crippen MR) is 120 cm³/mol. The summed E-state index contributed by atoms with van der Waals surface area (Å²) in [5.41, 5.74) is 5.42. The van der Waals surface area contributed by atoms with Gasteiger partial charge in [0, 0.05) is 6.20 Å². The number of benzene rings is 1. The minimum absolute atomic E-state index is 0.0811. The van der Waals surface area contributed by atoms with Crippen molar-refractivity contribution in [3.8, 4) is 0 Å². The average molecular weight is 443 g/mol. The number of nitrogens with one attached hydrogen (secondary N) is 2. The first kappa shape index (κ1) is 21.7. The minimum Gasteiger partial charge on any atom is -0.277 e. The van der Waals surface area contributed by atoms with E-state index in [0.29, 0.717) is 11.6 Å². The zero-order chi connectivity index (χ0) is 21.7. The van der Waals surface area contributed by atoms with E-state index in [0.717, 1.165) is 16.9 Å². The Labute approximate surface area is 179 Å². The van der Waals surface area contributed by atoms with Gasteiger partial charge >= 0.3 is 0 Å². The van der Waals surface area contributed by atoms with Crippen molar-refractivity contribution in [1.82, 2.24) is 10.4 Å². The SMILES string of the molecule is C/C(=N\NC(=O)c1ccncc1NS(=O)(=O)c1cccs1)c1ccc(C(C)C)cc1. The van der Waals surface area contributed by atoms with Crippen LogP contribution in [0.2, 0.25) is 0 Å². The molecular formula is C21H22N4O3S2. The zero-order valence-corrected chi connectivity index (χ0v) is 18.4. The third kappa shape index (κ3) is 5.11. The molecule has 0 aliphatic rings. The number of hydrogen-bond donors (Lipinski definition) is 2. The summed E-state index contributed by atoms with van der Waals surface area (Å²) in [5.74, 6) is -0.113. The second-order valence-electron chi connectivity index (χ2n) is 6.87. The Hall–Kier alpha value is -3.04. The molecule has 0 saturated heterocycles. The Morgan fingerprint density at radius 3 is 2.50 bits per heavy atom. The van der Waals surface area contributed by atoms with Crippen molar-refractivity contribution in [2.24, 2.45) is 5.10 Å². The van der Waals surface area contributed by atoms with E-state index in [1.165, 1.54) is 30.1 Å². The van der Waals surface area contributed by atoms with Crippen LogP contribution >= 0.6 is 11.3 Å². The molecule has 2 heterocycles. The maximum Gasteiger partial charge on any atom is 0.273 e. The van der Waals surface area contributed by atoms with Gasteiger partial charge in [-0.2, -0.15) is 5.10 Å². The standard InChI is InChI=1S/C21H22N4O3S2/c1-14(2)16-6-8-17(9-7-16)15(3)23-24-21(26)18-10-11-22-13-19(18)25-30(27,28)20-5-4-12-29-20/h4-14,25H,1-3H3,(H,24,26)/b23-15+. The number of pyridine rings is 1. The van der Waals surface area contributed by atoms with Gasteiger partial charge in [0.25, 0.3) is 15.9 Å². The highest BCUT2D eigenvalue weighted by atomic mass is 32.2. The molecule has 0 unspecified atom stereocenters. The number of hydrazone groups is 1. The van der Waals surface area contributed by atoms with E-state index in [9.17, 15) is 13.2 Å². The first-order valence-corrected chi connectivity index (χ1v) is 11.6. The fourth-order valence-corrected chi connectivity index (χ4v) is 4.71. The lowest BCUT2D eigenvalue weighted by Gasteiger charge is -2.10. The van der Waals surface area contributed by atoms with Crippen LogP contribution in [0.15, 0.2) is 69.5 Å². The maximum absolute atomic E-state index is 12.6. The third-order valence-electron chi connectivity index (χ3n) is 4.39. The largest absolute Gasteiger partial charge is 0.277 e. The fourth-order valence-electron chi connectivity index (χ4n) is 2.65.